The molecule has 0 N–H and O–H groups in total. The number of carbonyl (C=O) groups excluding carboxylic acids is 1. The fourth-order valence-corrected chi connectivity index (χ4v) is 4.86. The minimum Gasteiger partial charge on any atom is -0.303 e. The van der Waals surface area contributed by atoms with Crippen molar-refractivity contribution in [3.63, 3.8) is 0 Å². The molecule has 0 heterocycles. The molecule has 2 fully saturated rings. The van der Waals surface area contributed by atoms with E-state index in [1.165, 1.54) is 32.1 Å². The van der Waals surface area contributed by atoms with Gasteiger partial charge >= 0.3 is 0 Å². The van der Waals surface area contributed by atoms with E-state index in [4.69, 9.17) is 0 Å². The summed E-state index contributed by atoms with van der Waals surface area (Å²) in [4.78, 5) is 10.7. The van der Waals surface area contributed by atoms with Crippen molar-refractivity contribution in [1.29, 1.82) is 0 Å². The first-order valence-corrected chi connectivity index (χ1v) is 7.03. The van der Waals surface area contributed by atoms with Crippen LogP contribution in [-0.2, 0) is 4.79 Å². The van der Waals surface area contributed by atoms with Gasteiger partial charge in [-0.25, -0.2) is 0 Å². The quantitative estimate of drug-likeness (QED) is 0.658. The summed E-state index contributed by atoms with van der Waals surface area (Å²) in [5, 5.41) is 0. The molecule has 1 nitrogen and oxygen atoms in total. The molecule has 2 aliphatic rings. The second kappa shape index (κ2) is 4.50. The minimum absolute atomic E-state index is 0.542. The van der Waals surface area contributed by atoms with Gasteiger partial charge in [-0.3, -0.25) is 0 Å². The summed E-state index contributed by atoms with van der Waals surface area (Å²) in [6.45, 7) is 7.23. The summed E-state index contributed by atoms with van der Waals surface area (Å²) < 4.78 is 0. The topological polar surface area (TPSA) is 17.1 Å². The van der Waals surface area contributed by atoms with Crippen LogP contribution in [0.15, 0.2) is 0 Å². The Morgan fingerprint density at radius 3 is 2.81 bits per heavy atom. The molecule has 92 valence electrons. The fourth-order valence-electron chi connectivity index (χ4n) is 4.86. The average molecular weight is 222 g/mol. The van der Waals surface area contributed by atoms with E-state index in [1.807, 2.05) is 0 Å². The lowest BCUT2D eigenvalue weighted by Gasteiger charge is -2.45. The molecular weight excluding hydrogens is 196 g/mol. The maximum absolute atomic E-state index is 10.7. The highest BCUT2D eigenvalue weighted by atomic mass is 16.1. The molecular formula is C15H26O. The minimum atomic E-state index is 0.542. The number of hydrogen-bond acceptors (Lipinski definition) is 1. The molecule has 2 rings (SSSR count). The van der Waals surface area contributed by atoms with E-state index < -0.39 is 0 Å². The average Bonchev–Trinajstić information content (AvgIpc) is 2.57. The van der Waals surface area contributed by atoms with Gasteiger partial charge in [0.1, 0.15) is 6.29 Å². The predicted molar refractivity (Wildman–Crippen MR) is 67.2 cm³/mol. The summed E-state index contributed by atoms with van der Waals surface area (Å²) in [6.07, 6.45) is 8.88. The van der Waals surface area contributed by atoms with Crippen LogP contribution in [0.5, 0.6) is 0 Å². The SMILES string of the molecule is CC1CCC[C@]2(C)C([C@H](C)CC=O)CC[C@@H]12. The van der Waals surface area contributed by atoms with Crippen LogP contribution in [0.25, 0.3) is 0 Å². The molecule has 5 atom stereocenters. The number of aldehydes is 1. The van der Waals surface area contributed by atoms with Gasteiger partial charge < -0.3 is 4.79 Å². The van der Waals surface area contributed by atoms with Crippen molar-refractivity contribution < 1.29 is 4.79 Å². The normalized spacial score (nSPS) is 45.1. The molecule has 16 heavy (non-hydrogen) atoms. The van der Waals surface area contributed by atoms with Crippen LogP contribution >= 0.6 is 0 Å². The van der Waals surface area contributed by atoms with Gasteiger partial charge in [0, 0.05) is 6.42 Å². The van der Waals surface area contributed by atoms with E-state index in [2.05, 4.69) is 20.8 Å². The third kappa shape index (κ3) is 1.83. The van der Waals surface area contributed by atoms with Crippen LogP contribution in [0.1, 0.15) is 59.3 Å². The molecule has 2 unspecified atom stereocenters. The summed E-state index contributed by atoms with van der Waals surface area (Å²) in [6, 6.07) is 0. The van der Waals surface area contributed by atoms with E-state index in [9.17, 15) is 4.79 Å². The number of rotatable bonds is 3. The van der Waals surface area contributed by atoms with Gasteiger partial charge in [0.05, 0.1) is 0 Å². The van der Waals surface area contributed by atoms with E-state index in [1.54, 1.807) is 0 Å². The van der Waals surface area contributed by atoms with Crippen LogP contribution < -0.4 is 0 Å². The molecule has 0 aliphatic heterocycles. The Balaban J connectivity index is 2.14. The molecule has 2 saturated carbocycles. The molecule has 0 spiro atoms. The van der Waals surface area contributed by atoms with Crippen molar-refractivity contribution in [3.05, 3.63) is 0 Å². The highest BCUT2D eigenvalue weighted by Crippen LogP contribution is 2.59. The highest BCUT2D eigenvalue weighted by molar-refractivity contribution is 5.49. The van der Waals surface area contributed by atoms with Crippen molar-refractivity contribution in [1.82, 2.24) is 0 Å². The van der Waals surface area contributed by atoms with Crippen molar-refractivity contribution in [2.75, 3.05) is 0 Å². The van der Waals surface area contributed by atoms with Crippen LogP contribution in [-0.4, -0.2) is 6.29 Å². The standard InChI is InChI=1S/C15H26O/c1-11-5-4-9-15(3)13(11)6-7-14(15)12(2)8-10-16/h10-14H,4-9H2,1-3H3/t11?,12-,13+,14?,15+/m1/s1. The second-order valence-corrected chi connectivity index (χ2v) is 6.55. The molecule has 0 bridgehead atoms. The van der Waals surface area contributed by atoms with Crippen molar-refractivity contribution in [2.45, 2.75) is 59.3 Å². The Hall–Kier alpha value is -0.330. The molecule has 0 radical (unpaired) electrons. The Morgan fingerprint density at radius 2 is 2.12 bits per heavy atom. The molecule has 2 aliphatic carbocycles. The molecule has 0 aromatic heterocycles. The molecule has 0 aromatic carbocycles. The van der Waals surface area contributed by atoms with Crippen molar-refractivity contribution in [2.24, 2.45) is 29.1 Å². The van der Waals surface area contributed by atoms with Crippen LogP contribution in [0.4, 0.5) is 0 Å². The van der Waals surface area contributed by atoms with E-state index in [0.29, 0.717) is 11.3 Å². The van der Waals surface area contributed by atoms with Gasteiger partial charge in [-0.05, 0) is 48.3 Å². The maximum Gasteiger partial charge on any atom is 0.120 e. The van der Waals surface area contributed by atoms with Gasteiger partial charge in [-0.15, -0.1) is 0 Å². The van der Waals surface area contributed by atoms with Crippen LogP contribution in [0.3, 0.4) is 0 Å². The lowest BCUT2D eigenvalue weighted by Crippen LogP contribution is -2.38. The predicted octanol–water partition coefficient (Wildman–Crippen LogP) is 4.06. The van der Waals surface area contributed by atoms with Crippen molar-refractivity contribution in [3.8, 4) is 0 Å². The summed E-state index contributed by atoms with van der Waals surface area (Å²) in [5.41, 5.74) is 0.542. The lowest BCUT2D eigenvalue weighted by atomic mass is 9.59. The first-order valence-electron chi connectivity index (χ1n) is 7.03. The zero-order valence-corrected chi connectivity index (χ0v) is 11.0. The van der Waals surface area contributed by atoms with Gasteiger partial charge in [0.25, 0.3) is 0 Å². The van der Waals surface area contributed by atoms with Crippen LogP contribution in [0, 0.1) is 29.1 Å². The Morgan fingerprint density at radius 1 is 1.38 bits per heavy atom. The molecule has 1 heteroatoms. The monoisotopic (exact) mass is 222 g/mol. The summed E-state index contributed by atoms with van der Waals surface area (Å²) >= 11 is 0. The first kappa shape index (κ1) is 12.1. The van der Waals surface area contributed by atoms with Gasteiger partial charge in [-0.2, -0.15) is 0 Å². The third-order valence-electron chi connectivity index (χ3n) is 5.70. The largest absolute Gasteiger partial charge is 0.303 e. The zero-order chi connectivity index (χ0) is 11.8. The van der Waals surface area contributed by atoms with Crippen molar-refractivity contribution >= 4 is 6.29 Å². The van der Waals surface area contributed by atoms with Gasteiger partial charge in [-0.1, -0.05) is 33.6 Å². The van der Waals surface area contributed by atoms with Gasteiger partial charge in [0.15, 0.2) is 0 Å². The van der Waals surface area contributed by atoms with E-state index >= 15 is 0 Å². The summed E-state index contributed by atoms with van der Waals surface area (Å²) in [7, 11) is 0. The number of fused-ring (bicyclic) bond motifs is 1. The number of carbonyl (C=O) groups is 1. The first-order chi connectivity index (χ1) is 7.59. The molecule has 0 aromatic rings. The van der Waals surface area contributed by atoms with E-state index in [0.717, 1.165) is 30.5 Å². The highest BCUT2D eigenvalue weighted by Gasteiger charge is 2.51. The maximum atomic E-state index is 10.7. The van der Waals surface area contributed by atoms with Crippen LogP contribution in [0.2, 0.25) is 0 Å². The Bertz CT molecular complexity index is 260. The summed E-state index contributed by atoms with van der Waals surface area (Å²) in [5.74, 6) is 3.23. The molecule has 0 saturated heterocycles. The lowest BCUT2D eigenvalue weighted by molar-refractivity contribution is -0.109. The zero-order valence-electron chi connectivity index (χ0n) is 11.0. The smallest absolute Gasteiger partial charge is 0.120 e. The number of hydrogen-bond donors (Lipinski definition) is 0. The van der Waals surface area contributed by atoms with Gasteiger partial charge in [0.2, 0.25) is 0 Å². The van der Waals surface area contributed by atoms with E-state index in [-0.39, 0.29) is 0 Å². The Kier molecular flexibility index (Phi) is 3.42. The third-order valence-corrected chi connectivity index (χ3v) is 5.70. The second-order valence-electron chi connectivity index (χ2n) is 6.55. The Labute approximate surface area is 100.0 Å². The fraction of sp³-hybridized carbons (Fsp3) is 0.933. The molecule has 0 amide bonds.